The van der Waals surface area contributed by atoms with E-state index in [0.717, 1.165) is 48.3 Å². The van der Waals surface area contributed by atoms with Gasteiger partial charge < -0.3 is 26.4 Å². The van der Waals surface area contributed by atoms with E-state index in [1.54, 1.807) is 0 Å². The summed E-state index contributed by atoms with van der Waals surface area (Å²) in [6.07, 6.45) is 3.07. The molecular formula is C23H26N4OS2. The first kappa shape index (κ1) is 21.8. The summed E-state index contributed by atoms with van der Waals surface area (Å²) >= 11 is 10.2. The van der Waals surface area contributed by atoms with Gasteiger partial charge in [0.2, 0.25) is 0 Å². The van der Waals surface area contributed by atoms with Crippen LogP contribution in [-0.2, 0) is 0 Å². The van der Waals surface area contributed by atoms with Crippen LogP contribution in [0.3, 0.4) is 0 Å². The topological polar surface area (TPSA) is 71.3 Å². The molecule has 3 rings (SSSR count). The van der Waals surface area contributed by atoms with Gasteiger partial charge >= 0.3 is 0 Å². The van der Waals surface area contributed by atoms with Gasteiger partial charge in [0.25, 0.3) is 0 Å². The monoisotopic (exact) mass is 438 g/mol. The lowest BCUT2D eigenvalue weighted by Crippen LogP contribution is -2.29. The van der Waals surface area contributed by atoms with Gasteiger partial charge in [0.15, 0.2) is 10.2 Å². The molecule has 0 aromatic heterocycles. The fourth-order valence-corrected chi connectivity index (χ4v) is 3.40. The number of rotatable bonds is 9. The van der Waals surface area contributed by atoms with E-state index >= 15 is 0 Å². The largest absolute Gasteiger partial charge is 0.494 e. The van der Waals surface area contributed by atoms with Crippen molar-refractivity contribution in [2.75, 3.05) is 23.8 Å². The van der Waals surface area contributed by atoms with Crippen molar-refractivity contribution < 1.29 is 4.74 Å². The van der Waals surface area contributed by atoms with Gasteiger partial charge in [-0.3, -0.25) is 0 Å². The van der Waals surface area contributed by atoms with Crippen LogP contribution in [0.15, 0.2) is 66.7 Å². The molecule has 0 unspecified atom stereocenters. The molecule has 0 spiro atoms. The highest BCUT2D eigenvalue weighted by atomic mass is 32.1. The van der Waals surface area contributed by atoms with Crippen molar-refractivity contribution in [1.29, 1.82) is 0 Å². The Balaban J connectivity index is 1.30. The molecule has 3 aromatic rings. The average Bonchev–Trinajstić information content (AvgIpc) is 2.74. The minimum atomic E-state index is 0.254. The molecule has 0 bridgehead atoms. The number of ether oxygens (including phenoxy) is 1. The summed E-state index contributed by atoms with van der Waals surface area (Å²) in [5, 5.41) is 12.7. The lowest BCUT2D eigenvalue weighted by Gasteiger charge is -2.12. The van der Waals surface area contributed by atoms with Crippen molar-refractivity contribution in [1.82, 2.24) is 5.32 Å². The van der Waals surface area contributed by atoms with Crippen LogP contribution in [0.4, 0.5) is 11.4 Å². The van der Waals surface area contributed by atoms with Crippen LogP contribution < -0.4 is 26.4 Å². The Morgan fingerprint density at radius 3 is 2.40 bits per heavy atom. The van der Waals surface area contributed by atoms with Crippen molar-refractivity contribution in [2.45, 2.75) is 19.3 Å². The number of benzene rings is 3. The zero-order valence-electron chi connectivity index (χ0n) is 16.7. The molecule has 0 fully saturated rings. The van der Waals surface area contributed by atoms with Crippen molar-refractivity contribution in [3.8, 4) is 5.75 Å². The van der Waals surface area contributed by atoms with Gasteiger partial charge in [0.1, 0.15) is 5.75 Å². The number of anilines is 2. The Morgan fingerprint density at radius 2 is 1.60 bits per heavy atom. The van der Waals surface area contributed by atoms with E-state index in [1.165, 1.54) is 5.39 Å². The van der Waals surface area contributed by atoms with Gasteiger partial charge in [-0.2, -0.15) is 0 Å². The summed E-state index contributed by atoms with van der Waals surface area (Å²) in [5.41, 5.74) is 7.33. The van der Waals surface area contributed by atoms with E-state index in [2.05, 4.69) is 34.1 Å². The van der Waals surface area contributed by atoms with Crippen molar-refractivity contribution >= 4 is 56.8 Å². The van der Waals surface area contributed by atoms with Crippen LogP contribution in [-0.4, -0.2) is 23.4 Å². The second kappa shape index (κ2) is 11.3. The Labute approximate surface area is 188 Å². The number of hydrogen-bond acceptors (Lipinski definition) is 3. The fraction of sp³-hybridized carbons (Fsp3) is 0.217. The molecule has 0 saturated heterocycles. The molecule has 0 aliphatic carbocycles. The maximum absolute atomic E-state index is 5.76. The standard InChI is InChI=1S/C23H26N4OS2/c24-22(29)26-18-11-13-19(14-12-18)28-16-5-1-4-15-25-23(30)27-21-10-6-8-17-7-2-3-9-20(17)21/h2-3,6-14H,1,4-5,15-16H2,(H3,24,26,29)(H2,25,27,30). The molecule has 0 radical (unpaired) electrons. The van der Waals surface area contributed by atoms with Crippen LogP contribution in [0.5, 0.6) is 5.75 Å². The molecule has 156 valence electrons. The van der Waals surface area contributed by atoms with Gasteiger partial charge in [0.05, 0.1) is 6.61 Å². The third-order valence-electron chi connectivity index (χ3n) is 4.54. The lowest BCUT2D eigenvalue weighted by molar-refractivity contribution is 0.305. The lowest BCUT2D eigenvalue weighted by atomic mass is 10.1. The maximum atomic E-state index is 5.76. The highest BCUT2D eigenvalue weighted by Crippen LogP contribution is 2.22. The minimum Gasteiger partial charge on any atom is -0.494 e. The predicted molar refractivity (Wildman–Crippen MR) is 134 cm³/mol. The number of fused-ring (bicyclic) bond motifs is 1. The molecule has 0 heterocycles. The first-order valence-electron chi connectivity index (χ1n) is 9.94. The highest BCUT2D eigenvalue weighted by Gasteiger charge is 2.02. The molecule has 5 N–H and O–H groups in total. The van der Waals surface area contributed by atoms with E-state index in [0.29, 0.717) is 11.7 Å². The Hall–Kier alpha value is -2.90. The minimum absolute atomic E-state index is 0.254. The van der Waals surface area contributed by atoms with E-state index < -0.39 is 0 Å². The molecular weight excluding hydrogens is 412 g/mol. The van der Waals surface area contributed by atoms with Gasteiger partial charge in [-0.1, -0.05) is 36.4 Å². The Morgan fingerprint density at radius 1 is 0.833 bits per heavy atom. The zero-order valence-corrected chi connectivity index (χ0v) is 18.3. The average molecular weight is 439 g/mol. The SMILES string of the molecule is NC(=S)Nc1ccc(OCCCCCNC(=S)Nc2cccc3ccccc23)cc1. The Bertz CT molecular complexity index is 987. The number of unbranched alkanes of at least 4 members (excludes halogenated alkanes) is 2. The first-order chi connectivity index (χ1) is 14.6. The molecule has 0 atom stereocenters. The summed E-state index contributed by atoms with van der Waals surface area (Å²) < 4.78 is 5.76. The highest BCUT2D eigenvalue weighted by molar-refractivity contribution is 7.80. The van der Waals surface area contributed by atoms with E-state index in [-0.39, 0.29) is 5.11 Å². The van der Waals surface area contributed by atoms with Crippen LogP contribution in [0.25, 0.3) is 10.8 Å². The van der Waals surface area contributed by atoms with Gasteiger partial charge in [0, 0.05) is 23.3 Å². The third-order valence-corrected chi connectivity index (χ3v) is 4.88. The van der Waals surface area contributed by atoms with E-state index in [1.807, 2.05) is 48.5 Å². The summed E-state index contributed by atoms with van der Waals surface area (Å²) in [6, 6.07) is 22.0. The second-order valence-electron chi connectivity index (χ2n) is 6.83. The first-order valence-corrected chi connectivity index (χ1v) is 10.8. The van der Waals surface area contributed by atoms with Crippen LogP contribution in [0, 0.1) is 0 Å². The molecule has 0 aliphatic heterocycles. The van der Waals surface area contributed by atoms with Gasteiger partial charge in [-0.15, -0.1) is 0 Å². The van der Waals surface area contributed by atoms with Crippen molar-refractivity contribution in [3.05, 3.63) is 66.7 Å². The van der Waals surface area contributed by atoms with Crippen molar-refractivity contribution in [3.63, 3.8) is 0 Å². The molecule has 7 heteroatoms. The molecule has 30 heavy (non-hydrogen) atoms. The van der Waals surface area contributed by atoms with Crippen LogP contribution in [0.2, 0.25) is 0 Å². The normalized spacial score (nSPS) is 10.4. The van der Waals surface area contributed by atoms with Crippen molar-refractivity contribution in [2.24, 2.45) is 5.73 Å². The quantitative estimate of drug-likeness (QED) is 0.276. The van der Waals surface area contributed by atoms with Gasteiger partial charge in [-0.25, -0.2) is 0 Å². The number of nitrogens with two attached hydrogens (primary N) is 1. The van der Waals surface area contributed by atoms with E-state index in [9.17, 15) is 0 Å². The number of thiocarbonyl (C=S) groups is 2. The third kappa shape index (κ3) is 6.86. The predicted octanol–water partition coefficient (Wildman–Crippen LogP) is 5.03. The number of hydrogen-bond donors (Lipinski definition) is 4. The van der Waals surface area contributed by atoms with E-state index in [4.69, 9.17) is 34.9 Å². The molecule has 0 aliphatic rings. The number of nitrogens with one attached hydrogen (secondary N) is 3. The molecule has 0 amide bonds. The summed E-state index contributed by atoms with van der Waals surface area (Å²) in [6.45, 7) is 1.51. The maximum Gasteiger partial charge on any atom is 0.170 e. The Kier molecular flexibility index (Phi) is 8.23. The summed E-state index contributed by atoms with van der Waals surface area (Å²) in [7, 11) is 0. The van der Waals surface area contributed by atoms with Crippen LogP contribution in [0.1, 0.15) is 19.3 Å². The molecule has 3 aromatic carbocycles. The van der Waals surface area contributed by atoms with Gasteiger partial charge in [-0.05, 0) is 79.4 Å². The smallest absolute Gasteiger partial charge is 0.170 e. The fourth-order valence-electron chi connectivity index (χ4n) is 3.07. The second-order valence-corrected chi connectivity index (χ2v) is 7.68. The molecule has 5 nitrogen and oxygen atoms in total. The zero-order chi connectivity index (χ0) is 21.2. The summed E-state index contributed by atoms with van der Waals surface area (Å²) in [4.78, 5) is 0. The molecule has 0 saturated carbocycles. The summed E-state index contributed by atoms with van der Waals surface area (Å²) in [5.74, 6) is 0.835. The van der Waals surface area contributed by atoms with Crippen LogP contribution >= 0.6 is 24.4 Å².